The SMILES string of the molecule is CC(=O)N/C=C/C1[C@H](OCCOCCOCCOCC(=O)NCCCC[C@H](NC(=O)[C@H](CCCCNC(=O)COCCOCCOCCO[C@@H]2O[C@H](COC(C)=O)[C@H](OC(C)=O)[C@H](OC(C)=O)[C@H]2NC(C)=O)NC(=O)COCCOCCOCCO[C@@H]2O[C@H](COC(C)=O)[C@H](OC(C)=O)[C@H](OC(C)=O)[C@H]2NC(C)=O)C(=O)O)O[C@H](COC(C)=O)[C@H](OC(C)=O)[C@@H]1OC(C)=O. The summed E-state index contributed by atoms with van der Waals surface area (Å²) in [5, 5.41) is 28.3. The Morgan fingerprint density at radius 1 is 0.326 bits per heavy atom. The largest absolute Gasteiger partial charge is 0.480 e. The fourth-order valence-electron chi connectivity index (χ4n) is 12.4. The first kappa shape index (κ1) is 113. The van der Waals surface area contributed by atoms with Gasteiger partial charge in [-0.25, -0.2) is 4.79 Å². The number of rotatable bonds is 66. The minimum atomic E-state index is -1.42. The third kappa shape index (κ3) is 50.8. The molecule has 0 saturated carbocycles. The molecule has 0 spiro atoms. The predicted molar refractivity (Wildman–Crippen MR) is 431 cm³/mol. The third-order valence-corrected chi connectivity index (χ3v) is 17.7. The fourth-order valence-corrected chi connectivity index (χ4v) is 12.4. The summed E-state index contributed by atoms with van der Waals surface area (Å²) in [6.07, 6.45) is -11.2. The van der Waals surface area contributed by atoms with Crippen LogP contribution >= 0.6 is 0 Å². The molecule has 0 radical (unpaired) electrons. The van der Waals surface area contributed by atoms with E-state index in [9.17, 15) is 86.6 Å². The quantitative estimate of drug-likeness (QED) is 0.0167. The Hall–Kier alpha value is -9.87. The van der Waals surface area contributed by atoms with Crippen molar-refractivity contribution in [2.75, 3.05) is 172 Å². The summed E-state index contributed by atoms with van der Waals surface area (Å²) in [5.74, 6) is -12.9. The summed E-state index contributed by atoms with van der Waals surface area (Å²) >= 11 is 0. The summed E-state index contributed by atoms with van der Waals surface area (Å²) in [6, 6.07) is -5.06. The molecule has 0 aromatic heterocycles. The minimum Gasteiger partial charge on any atom is -0.480 e. The minimum absolute atomic E-state index is 0.00923. The van der Waals surface area contributed by atoms with E-state index in [2.05, 4.69) is 37.2 Å². The molecular weight excluding hydrogens is 1730 g/mol. The fraction of sp³-hybridized carbons (Fsp3) is 0.762. The number of aliphatic carboxylic acids is 1. The summed E-state index contributed by atoms with van der Waals surface area (Å²) in [6.45, 7) is 11.9. The molecule has 49 heteroatoms. The zero-order valence-corrected chi connectivity index (χ0v) is 74.8. The molecule has 1 unspecified atom stereocenters. The van der Waals surface area contributed by atoms with E-state index in [-0.39, 0.29) is 178 Å². The zero-order chi connectivity index (χ0) is 95.6. The molecule has 3 heterocycles. The molecule has 8 N–H and O–H groups in total. The van der Waals surface area contributed by atoms with Crippen molar-refractivity contribution in [3.05, 3.63) is 12.3 Å². The van der Waals surface area contributed by atoms with Gasteiger partial charge >= 0.3 is 59.7 Å². The lowest BCUT2D eigenvalue weighted by molar-refractivity contribution is -0.285. The van der Waals surface area contributed by atoms with Crippen molar-refractivity contribution in [1.82, 2.24) is 37.2 Å². The van der Waals surface area contributed by atoms with Gasteiger partial charge in [0.15, 0.2) is 55.5 Å². The van der Waals surface area contributed by atoms with Gasteiger partial charge in [0.1, 0.15) is 82.1 Å². The van der Waals surface area contributed by atoms with Gasteiger partial charge in [-0.1, -0.05) is 6.08 Å². The van der Waals surface area contributed by atoms with Crippen LogP contribution in [-0.4, -0.2) is 376 Å². The highest BCUT2D eigenvalue weighted by Crippen LogP contribution is 2.34. The van der Waals surface area contributed by atoms with Crippen LogP contribution in [0.3, 0.4) is 0 Å². The van der Waals surface area contributed by atoms with Crippen LogP contribution in [0.1, 0.15) is 122 Å². The van der Waals surface area contributed by atoms with Gasteiger partial charge in [-0.2, -0.15) is 0 Å². The Bertz CT molecular complexity index is 3520. The average Bonchev–Trinajstić information content (AvgIpc) is 0.797. The molecule has 3 fully saturated rings. The van der Waals surface area contributed by atoms with Crippen molar-refractivity contribution in [3.63, 3.8) is 0 Å². The molecule has 3 rings (SSSR count). The van der Waals surface area contributed by atoms with E-state index in [1.807, 2.05) is 0 Å². The maximum Gasteiger partial charge on any atom is 0.326 e. The molecule has 0 aromatic rings. The highest BCUT2D eigenvalue weighted by atomic mass is 16.7. The van der Waals surface area contributed by atoms with Gasteiger partial charge < -0.3 is 156 Å². The number of carbonyl (C=O) groups is 17. The Kier molecular flexibility index (Phi) is 57.7. The van der Waals surface area contributed by atoms with E-state index in [0.717, 1.165) is 55.4 Å². The van der Waals surface area contributed by atoms with Crippen molar-refractivity contribution < 1.29 is 200 Å². The van der Waals surface area contributed by atoms with Crippen molar-refractivity contribution >= 4 is 101 Å². The summed E-state index contributed by atoms with van der Waals surface area (Å²) in [5.41, 5.74) is 0. The van der Waals surface area contributed by atoms with Crippen LogP contribution in [0, 0.1) is 5.92 Å². The topological polar surface area (TPSA) is 616 Å². The first-order chi connectivity index (χ1) is 61.5. The van der Waals surface area contributed by atoms with Crippen molar-refractivity contribution in [2.45, 2.75) is 220 Å². The zero-order valence-electron chi connectivity index (χ0n) is 74.8. The number of unbranched alkanes of at least 4 members (excludes halogenated alkanes) is 2. The molecule has 0 aromatic carbocycles. The average molecular weight is 1860 g/mol. The highest BCUT2D eigenvalue weighted by Gasteiger charge is 2.54. The smallest absolute Gasteiger partial charge is 0.326 e. The first-order valence-corrected chi connectivity index (χ1v) is 41.7. The van der Waals surface area contributed by atoms with Crippen LogP contribution in [0.2, 0.25) is 0 Å². The van der Waals surface area contributed by atoms with Crippen LogP contribution in [0.4, 0.5) is 0 Å². The van der Waals surface area contributed by atoms with Crippen LogP contribution < -0.4 is 37.2 Å². The van der Waals surface area contributed by atoms with Crippen LogP contribution in [0.5, 0.6) is 0 Å². The summed E-state index contributed by atoms with van der Waals surface area (Å²) in [7, 11) is 0. The standard InChI is InChI=1S/C80H127N7O42/c1-47(88)81-22-19-59-70(121-53(7)94)71(122-54(8)95)62(41-118-50(4)91)127-78(59)115-38-35-109-26-23-106-29-32-113-45-66(101)83-21-16-14-18-61(77(104)105)87-76(103)60(86-67(102)46-114-34-31-108-25-28-111-37-40-117-80-69(85-49(3)90)75(126-58(12)99)73(124-56(10)97)64(129-80)43-120-52(6)93)17-13-15-20-82-65(100)44-112-33-30-107-24-27-110-36-39-116-79-68(84-48(2)89)74(125-57(11)98)72(123-55(9)96)63(128-79)42-119-51(5)92/h19,22,59-64,68-75,78-80H,13-18,20-21,23-46H2,1-12H3,(H,81,88)(H,82,100)(H,83,101)(H,84,89)(H,85,90)(H,86,102)(H,87,103)(H,104,105)/b22-19+/t59?,60-,61-,62+,63+,64+,68+,69+,70+,71-,72-,73-,74+,75+,78+,79+,80+/m0/s1. The van der Waals surface area contributed by atoms with Gasteiger partial charge in [-0.15, -0.1) is 0 Å². The monoisotopic (exact) mass is 1860 g/mol. The summed E-state index contributed by atoms with van der Waals surface area (Å²) < 4.78 is 134. The second-order valence-electron chi connectivity index (χ2n) is 28.7. The van der Waals surface area contributed by atoms with E-state index >= 15 is 0 Å². The molecule has 129 heavy (non-hydrogen) atoms. The molecule has 3 saturated heterocycles. The van der Waals surface area contributed by atoms with Gasteiger partial charge in [-0.05, 0) is 38.5 Å². The Morgan fingerprint density at radius 3 is 0.961 bits per heavy atom. The number of carbonyl (C=O) groups excluding carboxylic acids is 16. The molecule has 3 aliphatic heterocycles. The number of carboxylic acids is 1. The van der Waals surface area contributed by atoms with E-state index in [4.69, 9.17) is 114 Å². The van der Waals surface area contributed by atoms with Crippen molar-refractivity contribution in [3.8, 4) is 0 Å². The Balaban J connectivity index is 1.48. The van der Waals surface area contributed by atoms with E-state index in [1.165, 1.54) is 40.0 Å². The molecule has 734 valence electrons. The highest BCUT2D eigenvalue weighted by molar-refractivity contribution is 5.90. The predicted octanol–water partition coefficient (Wildman–Crippen LogP) is -3.46. The number of amides is 7. The Morgan fingerprint density at radius 2 is 0.628 bits per heavy atom. The van der Waals surface area contributed by atoms with Crippen LogP contribution in [0.15, 0.2) is 12.3 Å². The molecule has 0 aliphatic carbocycles. The van der Waals surface area contributed by atoms with Gasteiger partial charge in [0.05, 0.1) is 125 Å². The second kappa shape index (κ2) is 65.6. The van der Waals surface area contributed by atoms with E-state index < -0.39 is 225 Å². The third-order valence-electron chi connectivity index (χ3n) is 17.7. The molecule has 49 nitrogen and oxygen atoms in total. The number of ether oxygens (including phenoxy) is 24. The molecule has 3 aliphatic rings. The lowest BCUT2D eigenvalue weighted by Crippen LogP contribution is -2.66. The van der Waals surface area contributed by atoms with Crippen molar-refractivity contribution in [1.29, 1.82) is 0 Å². The van der Waals surface area contributed by atoms with Crippen molar-refractivity contribution in [2.24, 2.45) is 5.92 Å². The number of carboxylic acid groups (broad SMARTS) is 1. The van der Waals surface area contributed by atoms with E-state index in [1.54, 1.807) is 0 Å². The molecular formula is C80H127N7O42. The second-order valence-corrected chi connectivity index (χ2v) is 28.7. The number of hydrogen-bond acceptors (Lipinski definition) is 41. The normalized spacial score (nSPS) is 22.2. The maximum absolute atomic E-state index is 13.8. The number of esters is 9. The first-order valence-electron chi connectivity index (χ1n) is 41.7. The molecule has 0 bridgehead atoms. The molecule has 7 amide bonds. The van der Waals surface area contributed by atoms with Crippen LogP contribution in [-0.2, 0) is 195 Å². The lowest BCUT2D eigenvalue weighted by Gasteiger charge is -2.44. The van der Waals surface area contributed by atoms with Crippen LogP contribution in [0.25, 0.3) is 0 Å². The van der Waals surface area contributed by atoms with Gasteiger partial charge in [0.25, 0.3) is 0 Å². The van der Waals surface area contributed by atoms with Gasteiger partial charge in [0, 0.05) is 102 Å². The van der Waals surface area contributed by atoms with Gasteiger partial charge in [0.2, 0.25) is 41.4 Å². The molecule has 17 atom stereocenters. The number of hydrogen-bond donors (Lipinski definition) is 8. The van der Waals surface area contributed by atoms with Gasteiger partial charge in [-0.3, -0.25) is 76.7 Å². The summed E-state index contributed by atoms with van der Waals surface area (Å²) in [4.78, 5) is 209. The van der Waals surface area contributed by atoms with E-state index in [0.29, 0.717) is 12.8 Å². The lowest BCUT2D eigenvalue weighted by atomic mass is 9.90. The Labute approximate surface area is 745 Å². The maximum atomic E-state index is 13.8. The number of nitrogens with one attached hydrogen (secondary N) is 7.